The second-order valence-electron chi connectivity index (χ2n) is 3.73. The summed E-state index contributed by atoms with van der Waals surface area (Å²) in [4.78, 5) is 2.48. The number of benzene rings is 1. The van der Waals surface area contributed by atoms with Crippen LogP contribution in [0.25, 0.3) is 0 Å². The van der Waals surface area contributed by atoms with Crippen LogP contribution in [0.15, 0.2) is 22.7 Å². The van der Waals surface area contributed by atoms with Gasteiger partial charge in [0.05, 0.1) is 5.02 Å². The number of hydrogen-bond acceptors (Lipinski definition) is 1. The summed E-state index contributed by atoms with van der Waals surface area (Å²) >= 11 is 9.38. The van der Waals surface area contributed by atoms with Crippen LogP contribution in [0.1, 0.15) is 18.4 Å². The van der Waals surface area contributed by atoms with Gasteiger partial charge in [-0.05, 0) is 59.6 Å². The van der Waals surface area contributed by atoms with Gasteiger partial charge in [-0.15, -0.1) is 0 Å². The molecule has 3 heteroatoms. The molecule has 1 fully saturated rings. The number of rotatable bonds is 2. The molecule has 76 valence electrons. The SMILES string of the molecule is Clc1ccc(CN2CCCC2)cc1Br. The number of halogens is 2. The van der Waals surface area contributed by atoms with Crippen molar-refractivity contribution in [1.82, 2.24) is 4.90 Å². The van der Waals surface area contributed by atoms with Crippen LogP contribution in [-0.2, 0) is 6.54 Å². The lowest BCUT2D eigenvalue weighted by Gasteiger charge is -2.14. The largest absolute Gasteiger partial charge is 0.299 e. The Bertz CT molecular complexity index is 321. The van der Waals surface area contributed by atoms with Crippen molar-refractivity contribution in [1.29, 1.82) is 0 Å². The summed E-state index contributed by atoms with van der Waals surface area (Å²) in [6, 6.07) is 6.17. The van der Waals surface area contributed by atoms with Gasteiger partial charge in [0.25, 0.3) is 0 Å². The molecule has 0 saturated carbocycles. The molecular formula is C11H13BrClN. The van der Waals surface area contributed by atoms with E-state index in [0.717, 1.165) is 16.0 Å². The topological polar surface area (TPSA) is 3.24 Å². The van der Waals surface area contributed by atoms with Crippen molar-refractivity contribution < 1.29 is 0 Å². The standard InChI is InChI=1S/C11H13BrClN/c12-10-7-9(3-4-11(10)13)8-14-5-1-2-6-14/h3-4,7H,1-2,5-6,8H2. The molecule has 14 heavy (non-hydrogen) atoms. The molecule has 1 aromatic carbocycles. The summed E-state index contributed by atoms with van der Waals surface area (Å²) in [5, 5.41) is 0.787. The smallest absolute Gasteiger partial charge is 0.0548 e. The summed E-state index contributed by atoms with van der Waals surface area (Å²) in [6.07, 6.45) is 2.68. The highest BCUT2D eigenvalue weighted by atomic mass is 79.9. The Labute approximate surface area is 98.2 Å². The van der Waals surface area contributed by atoms with Gasteiger partial charge in [0.2, 0.25) is 0 Å². The highest BCUT2D eigenvalue weighted by Crippen LogP contribution is 2.24. The molecule has 0 amide bonds. The summed E-state index contributed by atoms with van der Waals surface area (Å²) < 4.78 is 0.996. The molecule has 1 saturated heterocycles. The molecule has 2 rings (SSSR count). The van der Waals surface area contributed by atoms with Gasteiger partial charge < -0.3 is 0 Å². The maximum atomic E-state index is 5.94. The van der Waals surface area contributed by atoms with Crippen molar-refractivity contribution in [3.63, 3.8) is 0 Å². The lowest BCUT2D eigenvalue weighted by molar-refractivity contribution is 0.331. The van der Waals surface area contributed by atoms with Gasteiger partial charge in [-0.2, -0.15) is 0 Å². The molecule has 1 aliphatic rings. The minimum atomic E-state index is 0.787. The molecule has 1 nitrogen and oxygen atoms in total. The third-order valence-electron chi connectivity index (χ3n) is 2.59. The lowest BCUT2D eigenvalue weighted by Crippen LogP contribution is -2.18. The fourth-order valence-electron chi connectivity index (χ4n) is 1.84. The number of nitrogens with zero attached hydrogens (tertiary/aromatic N) is 1. The molecule has 0 aromatic heterocycles. The third-order valence-corrected chi connectivity index (χ3v) is 3.80. The third kappa shape index (κ3) is 2.50. The van der Waals surface area contributed by atoms with Crippen LogP contribution in [-0.4, -0.2) is 18.0 Å². The molecule has 1 aromatic rings. The minimum Gasteiger partial charge on any atom is -0.299 e. The molecule has 0 radical (unpaired) electrons. The highest BCUT2D eigenvalue weighted by molar-refractivity contribution is 9.10. The minimum absolute atomic E-state index is 0.787. The molecule has 0 spiro atoms. The van der Waals surface area contributed by atoms with Gasteiger partial charge in [-0.3, -0.25) is 4.90 Å². The normalized spacial score (nSPS) is 17.6. The first-order valence-corrected chi connectivity index (χ1v) is 6.09. The fraction of sp³-hybridized carbons (Fsp3) is 0.455. The van der Waals surface area contributed by atoms with Crippen LogP contribution in [0.3, 0.4) is 0 Å². The van der Waals surface area contributed by atoms with Crippen LogP contribution in [0.2, 0.25) is 5.02 Å². The number of hydrogen-bond donors (Lipinski definition) is 0. The van der Waals surface area contributed by atoms with E-state index >= 15 is 0 Å². The zero-order valence-electron chi connectivity index (χ0n) is 7.97. The Morgan fingerprint density at radius 1 is 1.29 bits per heavy atom. The van der Waals surface area contributed by atoms with Crippen LogP contribution in [0, 0.1) is 0 Å². The molecule has 0 atom stereocenters. The van der Waals surface area contributed by atoms with Crippen molar-refractivity contribution >= 4 is 27.5 Å². The van der Waals surface area contributed by atoms with Crippen LogP contribution in [0.5, 0.6) is 0 Å². The van der Waals surface area contributed by atoms with E-state index in [1.165, 1.54) is 31.5 Å². The fourth-order valence-corrected chi connectivity index (χ4v) is 2.38. The van der Waals surface area contributed by atoms with Crippen molar-refractivity contribution in [3.05, 3.63) is 33.3 Å². The van der Waals surface area contributed by atoms with Gasteiger partial charge in [0.1, 0.15) is 0 Å². The predicted molar refractivity (Wildman–Crippen MR) is 63.7 cm³/mol. The van der Waals surface area contributed by atoms with E-state index in [4.69, 9.17) is 11.6 Å². The first-order chi connectivity index (χ1) is 6.75. The van der Waals surface area contributed by atoms with E-state index < -0.39 is 0 Å². The second-order valence-corrected chi connectivity index (χ2v) is 4.99. The first kappa shape index (κ1) is 10.5. The molecule has 0 aliphatic carbocycles. The van der Waals surface area contributed by atoms with Crippen molar-refractivity contribution in [2.45, 2.75) is 19.4 Å². The highest BCUT2D eigenvalue weighted by Gasteiger charge is 2.11. The maximum absolute atomic E-state index is 5.94. The molecule has 1 heterocycles. The van der Waals surface area contributed by atoms with E-state index in [1.807, 2.05) is 6.07 Å². The average Bonchev–Trinajstić information content (AvgIpc) is 2.64. The van der Waals surface area contributed by atoms with E-state index in [2.05, 4.69) is 33.0 Å². The quantitative estimate of drug-likeness (QED) is 0.795. The van der Waals surface area contributed by atoms with Crippen molar-refractivity contribution in [2.75, 3.05) is 13.1 Å². The average molecular weight is 275 g/mol. The van der Waals surface area contributed by atoms with Crippen LogP contribution >= 0.6 is 27.5 Å². The van der Waals surface area contributed by atoms with Crippen LogP contribution < -0.4 is 0 Å². The van der Waals surface area contributed by atoms with Gasteiger partial charge in [-0.25, -0.2) is 0 Å². The second kappa shape index (κ2) is 4.65. The Kier molecular flexibility index (Phi) is 3.47. The molecule has 0 N–H and O–H groups in total. The van der Waals surface area contributed by atoms with Gasteiger partial charge in [-0.1, -0.05) is 17.7 Å². The van der Waals surface area contributed by atoms with E-state index in [0.29, 0.717) is 0 Å². The molecule has 0 bridgehead atoms. The van der Waals surface area contributed by atoms with Gasteiger partial charge in [0, 0.05) is 11.0 Å². The summed E-state index contributed by atoms with van der Waals surface area (Å²) in [6.45, 7) is 3.52. The monoisotopic (exact) mass is 273 g/mol. The van der Waals surface area contributed by atoms with E-state index in [1.54, 1.807) is 0 Å². The Morgan fingerprint density at radius 3 is 2.64 bits per heavy atom. The molecular weight excluding hydrogens is 261 g/mol. The van der Waals surface area contributed by atoms with Gasteiger partial charge in [0.15, 0.2) is 0 Å². The summed E-state index contributed by atoms with van der Waals surface area (Å²) in [5.41, 5.74) is 1.34. The van der Waals surface area contributed by atoms with E-state index in [9.17, 15) is 0 Å². The Balaban J connectivity index is 2.05. The zero-order valence-corrected chi connectivity index (χ0v) is 10.3. The van der Waals surface area contributed by atoms with Crippen molar-refractivity contribution in [3.8, 4) is 0 Å². The number of likely N-dealkylation sites (tertiary alicyclic amines) is 1. The first-order valence-electron chi connectivity index (χ1n) is 4.92. The Hall–Kier alpha value is -0.0500. The molecule has 1 aliphatic heterocycles. The summed E-state index contributed by atoms with van der Waals surface area (Å²) in [7, 11) is 0. The molecule has 0 unspecified atom stereocenters. The van der Waals surface area contributed by atoms with E-state index in [-0.39, 0.29) is 0 Å². The zero-order chi connectivity index (χ0) is 9.97. The summed E-state index contributed by atoms with van der Waals surface area (Å²) in [5.74, 6) is 0. The van der Waals surface area contributed by atoms with Crippen LogP contribution in [0.4, 0.5) is 0 Å². The van der Waals surface area contributed by atoms with Crippen molar-refractivity contribution in [2.24, 2.45) is 0 Å². The Morgan fingerprint density at radius 2 is 2.00 bits per heavy atom. The lowest BCUT2D eigenvalue weighted by atomic mass is 10.2. The van der Waals surface area contributed by atoms with Gasteiger partial charge >= 0.3 is 0 Å². The predicted octanol–water partition coefficient (Wildman–Crippen LogP) is 3.70. The maximum Gasteiger partial charge on any atom is 0.0548 e.